The number of benzene rings is 2. The molecule has 4 aromatic rings. The molecule has 4 aliphatic carbocycles. The molecule has 8 heteroatoms. The summed E-state index contributed by atoms with van der Waals surface area (Å²) in [5.41, 5.74) is 8.79. The first-order valence-corrected chi connectivity index (χ1v) is 15.5. The second-order valence-electron chi connectivity index (χ2n) is 13.7. The molecule has 2 saturated carbocycles. The lowest BCUT2D eigenvalue weighted by Gasteiger charge is -2.34. The minimum Gasteiger partial charge on any atom is -0.249 e. The smallest absolute Gasteiger partial charge is 0.0906 e. The van der Waals surface area contributed by atoms with E-state index in [1.54, 1.807) is 0 Å². The van der Waals surface area contributed by atoms with Crippen molar-refractivity contribution in [3.05, 3.63) is 67.1 Å². The van der Waals surface area contributed by atoms with E-state index in [2.05, 4.69) is 41.5 Å². The van der Waals surface area contributed by atoms with Gasteiger partial charge in [0.25, 0.3) is 0 Å². The summed E-state index contributed by atoms with van der Waals surface area (Å²) in [6.07, 6.45) is 4.80. The molecule has 0 saturated heterocycles. The third-order valence-corrected chi connectivity index (χ3v) is 13.1. The standard InChI is InChI=1S/2C16H16Cl2N2/c2*1-15(2)8-4-5-16(15,3)14-13(8)19-11-6-9(17)10(18)7-12(11)20-14/h2*6-8H,4-5H2,1-3H3/t2*8-,16+/m11/s1. The Morgan fingerprint density at radius 1 is 0.525 bits per heavy atom. The quantitative estimate of drug-likeness (QED) is 0.198. The average molecular weight is 614 g/mol. The lowest BCUT2D eigenvalue weighted by Crippen LogP contribution is -2.31. The van der Waals surface area contributed by atoms with Gasteiger partial charge < -0.3 is 0 Å². The van der Waals surface area contributed by atoms with Gasteiger partial charge in [0, 0.05) is 22.7 Å². The summed E-state index contributed by atoms with van der Waals surface area (Å²) in [7, 11) is 0. The summed E-state index contributed by atoms with van der Waals surface area (Å²) in [5, 5.41) is 2.17. The van der Waals surface area contributed by atoms with Gasteiger partial charge in [0.1, 0.15) is 0 Å². The second-order valence-corrected chi connectivity index (χ2v) is 15.3. The number of hydrogen-bond donors (Lipinski definition) is 0. The first kappa shape index (κ1) is 27.1. The van der Waals surface area contributed by atoms with E-state index in [9.17, 15) is 0 Å². The molecule has 40 heavy (non-hydrogen) atoms. The molecule has 2 aromatic carbocycles. The van der Waals surface area contributed by atoms with Crippen molar-refractivity contribution in [3.8, 4) is 0 Å². The fourth-order valence-corrected chi connectivity index (χ4v) is 8.87. The van der Waals surface area contributed by atoms with Crippen molar-refractivity contribution < 1.29 is 0 Å². The molecule has 4 nitrogen and oxygen atoms in total. The van der Waals surface area contributed by atoms with Gasteiger partial charge >= 0.3 is 0 Å². The minimum atomic E-state index is 0.125. The Hall–Kier alpha value is -1.72. The van der Waals surface area contributed by atoms with Crippen LogP contribution in [-0.2, 0) is 10.8 Å². The van der Waals surface area contributed by atoms with Crippen LogP contribution in [0.1, 0.15) is 102 Å². The highest BCUT2D eigenvalue weighted by molar-refractivity contribution is 6.43. The van der Waals surface area contributed by atoms with Gasteiger partial charge in [0.15, 0.2) is 0 Å². The summed E-state index contributed by atoms with van der Waals surface area (Å²) in [4.78, 5) is 19.6. The van der Waals surface area contributed by atoms with Crippen LogP contribution in [0, 0.1) is 10.8 Å². The first-order valence-electron chi connectivity index (χ1n) is 14.0. The lowest BCUT2D eigenvalue weighted by atomic mass is 9.70. The molecule has 0 spiro atoms. The van der Waals surface area contributed by atoms with Crippen LogP contribution in [-0.4, -0.2) is 19.9 Å². The van der Waals surface area contributed by atoms with E-state index < -0.39 is 0 Å². The molecule has 2 aromatic heterocycles. The van der Waals surface area contributed by atoms with Crippen molar-refractivity contribution in [2.24, 2.45) is 10.8 Å². The predicted molar refractivity (Wildman–Crippen MR) is 165 cm³/mol. The van der Waals surface area contributed by atoms with Crippen LogP contribution < -0.4 is 0 Å². The number of hydrogen-bond acceptors (Lipinski definition) is 4. The molecule has 4 atom stereocenters. The zero-order chi connectivity index (χ0) is 28.6. The maximum Gasteiger partial charge on any atom is 0.0906 e. The van der Waals surface area contributed by atoms with Crippen molar-refractivity contribution >= 4 is 68.5 Å². The number of halogens is 4. The molecule has 0 radical (unpaired) electrons. The van der Waals surface area contributed by atoms with E-state index in [4.69, 9.17) is 66.3 Å². The van der Waals surface area contributed by atoms with Crippen LogP contribution in [0.5, 0.6) is 0 Å². The maximum atomic E-state index is 6.11. The molecule has 2 fully saturated rings. The average Bonchev–Trinajstić information content (AvgIpc) is 3.39. The minimum absolute atomic E-state index is 0.125. The molecule has 0 N–H and O–H groups in total. The Kier molecular flexibility index (Phi) is 5.72. The van der Waals surface area contributed by atoms with Crippen LogP contribution in [0.3, 0.4) is 0 Å². The monoisotopic (exact) mass is 612 g/mol. The van der Waals surface area contributed by atoms with Gasteiger partial charge in [0.05, 0.1) is 64.9 Å². The molecular formula is C32H32Cl4N4. The Bertz CT molecular complexity index is 1640. The highest BCUT2D eigenvalue weighted by atomic mass is 35.5. The van der Waals surface area contributed by atoms with Gasteiger partial charge in [-0.2, -0.15) is 0 Å². The maximum absolute atomic E-state index is 6.11. The zero-order valence-electron chi connectivity index (χ0n) is 23.6. The van der Waals surface area contributed by atoms with Crippen molar-refractivity contribution in [1.29, 1.82) is 0 Å². The first-order chi connectivity index (χ1) is 18.7. The number of aromatic nitrogens is 4. The van der Waals surface area contributed by atoms with E-state index in [0.717, 1.165) is 22.1 Å². The van der Waals surface area contributed by atoms with E-state index in [1.165, 1.54) is 48.5 Å². The third-order valence-electron chi connectivity index (χ3n) is 11.6. The largest absolute Gasteiger partial charge is 0.249 e. The molecule has 0 amide bonds. The van der Waals surface area contributed by atoms with Gasteiger partial charge in [0.2, 0.25) is 0 Å². The van der Waals surface area contributed by atoms with Crippen LogP contribution in [0.4, 0.5) is 0 Å². The van der Waals surface area contributed by atoms with E-state index >= 15 is 0 Å². The topological polar surface area (TPSA) is 51.6 Å². The van der Waals surface area contributed by atoms with Crippen LogP contribution in [0.25, 0.3) is 22.1 Å². The molecule has 4 bridgehead atoms. The van der Waals surface area contributed by atoms with E-state index in [-0.39, 0.29) is 21.7 Å². The third kappa shape index (κ3) is 3.34. The van der Waals surface area contributed by atoms with Crippen molar-refractivity contribution in [2.75, 3.05) is 0 Å². The van der Waals surface area contributed by atoms with Crippen LogP contribution >= 0.6 is 46.4 Å². The summed E-state index contributed by atoms with van der Waals surface area (Å²) < 4.78 is 0. The summed E-state index contributed by atoms with van der Waals surface area (Å²) in [5.74, 6) is 1.02. The number of rotatable bonds is 0. The van der Waals surface area contributed by atoms with Gasteiger partial charge in [-0.3, -0.25) is 0 Å². The van der Waals surface area contributed by atoms with Gasteiger partial charge in [-0.15, -0.1) is 0 Å². The van der Waals surface area contributed by atoms with Gasteiger partial charge in [-0.25, -0.2) is 19.9 Å². The Morgan fingerprint density at radius 2 is 0.825 bits per heavy atom. The summed E-state index contributed by atoms with van der Waals surface area (Å²) in [6, 6.07) is 7.31. The van der Waals surface area contributed by atoms with Crippen LogP contribution in [0.15, 0.2) is 24.3 Å². The Labute approximate surface area is 255 Å². The van der Waals surface area contributed by atoms with E-state index in [0.29, 0.717) is 31.9 Å². The zero-order valence-corrected chi connectivity index (χ0v) is 26.6. The molecule has 208 valence electrons. The molecular weight excluding hydrogens is 582 g/mol. The van der Waals surface area contributed by atoms with Crippen molar-refractivity contribution in [2.45, 2.75) is 89.9 Å². The normalized spacial score (nSPS) is 29.9. The van der Waals surface area contributed by atoms with E-state index in [1.807, 2.05) is 24.3 Å². The van der Waals surface area contributed by atoms with Crippen molar-refractivity contribution in [1.82, 2.24) is 19.9 Å². The molecule has 0 unspecified atom stereocenters. The Morgan fingerprint density at radius 3 is 1.15 bits per heavy atom. The van der Waals surface area contributed by atoms with Gasteiger partial charge in [-0.05, 0) is 60.8 Å². The Balaban J connectivity index is 0.000000132. The molecule has 0 aliphatic heterocycles. The van der Waals surface area contributed by atoms with Crippen LogP contribution in [0.2, 0.25) is 20.1 Å². The number of fused-ring (bicyclic) bond motifs is 12. The highest BCUT2D eigenvalue weighted by Crippen LogP contribution is 2.67. The lowest BCUT2D eigenvalue weighted by molar-refractivity contribution is 0.227. The molecule has 4 aliphatic rings. The van der Waals surface area contributed by atoms with Gasteiger partial charge in [-0.1, -0.05) is 87.9 Å². The highest BCUT2D eigenvalue weighted by Gasteiger charge is 2.62. The predicted octanol–water partition coefficient (Wildman–Crippen LogP) is 10.2. The summed E-state index contributed by atoms with van der Waals surface area (Å²) >= 11 is 24.4. The fourth-order valence-electron chi connectivity index (χ4n) is 8.23. The van der Waals surface area contributed by atoms with Crippen molar-refractivity contribution in [3.63, 3.8) is 0 Å². The summed E-state index contributed by atoms with van der Waals surface area (Å²) in [6.45, 7) is 14.0. The number of nitrogens with zero attached hydrogens (tertiary/aromatic N) is 4. The molecule has 2 heterocycles. The molecule has 8 rings (SSSR count). The fraction of sp³-hybridized carbons (Fsp3) is 0.500. The SMILES string of the molecule is CC1(C)[C@@H]2CC[C@@]1(C)c1nc3cc(Cl)c(Cl)cc3nc12.CC1(C)[C@@H]2CC[C@@]1(C)c1nc3cc(Cl)c(Cl)cc3nc12. The second kappa shape index (κ2) is 8.43.